The van der Waals surface area contributed by atoms with Gasteiger partial charge in [0.15, 0.2) is 5.82 Å². The number of anilines is 1. The highest BCUT2D eigenvalue weighted by atomic mass is 19.1. The standard InChI is InChI=1S/C11H14F2N2O2/c12-7-5-8(10(13)9(14)6-7)11(17)15-3-1-2-4-16/h5-6,16H,1-4,14H2,(H,15,17). The van der Waals surface area contributed by atoms with Gasteiger partial charge >= 0.3 is 0 Å². The van der Waals surface area contributed by atoms with Crippen LogP contribution >= 0.6 is 0 Å². The molecule has 0 aliphatic rings. The number of aliphatic hydroxyl groups excluding tert-OH is 1. The van der Waals surface area contributed by atoms with Crippen molar-refractivity contribution in [2.75, 3.05) is 18.9 Å². The van der Waals surface area contributed by atoms with Crippen LogP contribution in [0.5, 0.6) is 0 Å². The van der Waals surface area contributed by atoms with Crippen LogP contribution in [0, 0.1) is 11.6 Å². The molecule has 17 heavy (non-hydrogen) atoms. The smallest absolute Gasteiger partial charge is 0.254 e. The minimum Gasteiger partial charge on any atom is -0.396 e. The average molecular weight is 244 g/mol. The van der Waals surface area contributed by atoms with Crippen LogP contribution in [0.2, 0.25) is 0 Å². The van der Waals surface area contributed by atoms with Gasteiger partial charge in [-0.3, -0.25) is 4.79 Å². The molecule has 4 nitrogen and oxygen atoms in total. The van der Waals surface area contributed by atoms with E-state index in [1.54, 1.807) is 0 Å². The van der Waals surface area contributed by atoms with Gasteiger partial charge in [-0.1, -0.05) is 0 Å². The van der Waals surface area contributed by atoms with Crippen LogP contribution in [-0.4, -0.2) is 24.2 Å². The zero-order chi connectivity index (χ0) is 12.8. The highest BCUT2D eigenvalue weighted by Crippen LogP contribution is 2.17. The molecule has 1 aromatic rings. The van der Waals surface area contributed by atoms with Crippen LogP contribution < -0.4 is 11.1 Å². The number of nitrogens with one attached hydrogen (secondary N) is 1. The van der Waals surface area contributed by atoms with Crippen LogP contribution in [0.1, 0.15) is 23.2 Å². The predicted molar refractivity (Wildman–Crippen MR) is 59.4 cm³/mol. The van der Waals surface area contributed by atoms with Crippen LogP contribution in [0.3, 0.4) is 0 Å². The quantitative estimate of drug-likeness (QED) is 0.535. The molecule has 0 aliphatic carbocycles. The van der Waals surface area contributed by atoms with E-state index in [0.29, 0.717) is 12.8 Å². The monoisotopic (exact) mass is 244 g/mol. The fourth-order valence-corrected chi connectivity index (χ4v) is 1.31. The molecule has 0 saturated carbocycles. The zero-order valence-electron chi connectivity index (χ0n) is 9.17. The van der Waals surface area contributed by atoms with E-state index >= 15 is 0 Å². The van der Waals surface area contributed by atoms with Gasteiger partial charge in [0.2, 0.25) is 0 Å². The van der Waals surface area contributed by atoms with Crippen LogP contribution in [0.4, 0.5) is 14.5 Å². The van der Waals surface area contributed by atoms with Crippen molar-refractivity contribution in [1.29, 1.82) is 0 Å². The van der Waals surface area contributed by atoms with Crippen molar-refractivity contribution in [2.24, 2.45) is 0 Å². The first-order chi connectivity index (χ1) is 8.06. The van der Waals surface area contributed by atoms with E-state index in [2.05, 4.69) is 5.32 Å². The highest BCUT2D eigenvalue weighted by molar-refractivity contribution is 5.95. The number of rotatable bonds is 5. The summed E-state index contributed by atoms with van der Waals surface area (Å²) >= 11 is 0. The summed E-state index contributed by atoms with van der Waals surface area (Å²) in [4.78, 5) is 11.5. The molecule has 0 radical (unpaired) electrons. The average Bonchev–Trinajstić information content (AvgIpc) is 2.29. The van der Waals surface area contributed by atoms with E-state index in [0.717, 1.165) is 12.1 Å². The SMILES string of the molecule is Nc1cc(F)cc(C(=O)NCCCCO)c1F. The van der Waals surface area contributed by atoms with Crippen molar-refractivity contribution in [1.82, 2.24) is 5.32 Å². The Balaban J connectivity index is 2.69. The summed E-state index contributed by atoms with van der Waals surface area (Å²) < 4.78 is 26.4. The predicted octanol–water partition coefficient (Wildman–Crippen LogP) is 1.05. The third kappa shape index (κ3) is 3.67. The second-order valence-electron chi connectivity index (χ2n) is 3.54. The van der Waals surface area contributed by atoms with Crippen LogP contribution in [0.15, 0.2) is 12.1 Å². The van der Waals surface area contributed by atoms with Crippen molar-refractivity contribution in [2.45, 2.75) is 12.8 Å². The summed E-state index contributed by atoms with van der Waals surface area (Å²) in [6, 6.07) is 1.62. The number of nitrogen functional groups attached to an aromatic ring is 1. The van der Waals surface area contributed by atoms with Gasteiger partial charge < -0.3 is 16.2 Å². The molecule has 0 heterocycles. The lowest BCUT2D eigenvalue weighted by molar-refractivity contribution is 0.0947. The Kier molecular flexibility index (Phi) is 4.84. The van der Waals surface area contributed by atoms with E-state index in [4.69, 9.17) is 10.8 Å². The molecule has 0 atom stereocenters. The zero-order valence-corrected chi connectivity index (χ0v) is 9.17. The van der Waals surface area contributed by atoms with Gasteiger partial charge in [0.1, 0.15) is 5.82 Å². The van der Waals surface area contributed by atoms with Crippen molar-refractivity contribution in [3.05, 3.63) is 29.3 Å². The van der Waals surface area contributed by atoms with E-state index in [1.807, 2.05) is 0 Å². The maximum absolute atomic E-state index is 13.4. The number of amides is 1. The van der Waals surface area contributed by atoms with Gasteiger partial charge in [-0.2, -0.15) is 0 Å². The number of carbonyl (C=O) groups is 1. The van der Waals surface area contributed by atoms with Gasteiger partial charge in [0.05, 0.1) is 11.3 Å². The van der Waals surface area contributed by atoms with Gasteiger partial charge in [-0.05, 0) is 25.0 Å². The lowest BCUT2D eigenvalue weighted by Gasteiger charge is -2.07. The fraction of sp³-hybridized carbons (Fsp3) is 0.364. The molecule has 0 bridgehead atoms. The number of carbonyl (C=O) groups excluding carboxylic acids is 1. The lowest BCUT2D eigenvalue weighted by Crippen LogP contribution is -2.26. The Morgan fingerprint density at radius 3 is 2.71 bits per heavy atom. The molecule has 1 amide bonds. The summed E-state index contributed by atoms with van der Waals surface area (Å²) in [5.74, 6) is -2.40. The molecule has 0 fully saturated rings. The second-order valence-corrected chi connectivity index (χ2v) is 3.54. The molecular weight excluding hydrogens is 230 g/mol. The molecule has 0 unspecified atom stereocenters. The Bertz CT molecular complexity index is 411. The Morgan fingerprint density at radius 2 is 2.06 bits per heavy atom. The molecule has 1 aromatic carbocycles. The van der Waals surface area contributed by atoms with E-state index in [1.165, 1.54) is 0 Å². The summed E-state index contributed by atoms with van der Waals surface area (Å²) in [5.41, 5.74) is 4.40. The summed E-state index contributed by atoms with van der Waals surface area (Å²) in [6.45, 7) is 0.312. The molecule has 1 rings (SSSR count). The minimum absolute atomic E-state index is 0.0249. The molecule has 94 valence electrons. The van der Waals surface area contributed by atoms with E-state index in [9.17, 15) is 13.6 Å². The Labute approximate surface area is 97.4 Å². The third-order valence-corrected chi connectivity index (χ3v) is 2.18. The third-order valence-electron chi connectivity index (χ3n) is 2.18. The largest absolute Gasteiger partial charge is 0.396 e. The van der Waals surface area contributed by atoms with Crippen molar-refractivity contribution in [3.8, 4) is 0 Å². The number of nitrogens with two attached hydrogens (primary N) is 1. The molecule has 6 heteroatoms. The number of hydrogen-bond acceptors (Lipinski definition) is 3. The van der Waals surface area contributed by atoms with Gasteiger partial charge in [-0.15, -0.1) is 0 Å². The summed E-state index contributed by atoms with van der Waals surface area (Å²) in [6.07, 6.45) is 1.10. The molecule has 0 spiro atoms. The van der Waals surface area contributed by atoms with Crippen molar-refractivity contribution >= 4 is 11.6 Å². The van der Waals surface area contributed by atoms with Gasteiger partial charge in [0, 0.05) is 13.2 Å². The first-order valence-electron chi connectivity index (χ1n) is 5.20. The van der Waals surface area contributed by atoms with Gasteiger partial charge in [-0.25, -0.2) is 8.78 Å². The van der Waals surface area contributed by atoms with Crippen LogP contribution in [0.25, 0.3) is 0 Å². The molecule has 4 N–H and O–H groups in total. The first-order valence-corrected chi connectivity index (χ1v) is 5.20. The number of halogens is 2. The number of hydrogen-bond donors (Lipinski definition) is 3. The summed E-state index contributed by atoms with van der Waals surface area (Å²) in [7, 11) is 0. The molecule has 0 aromatic heterocycles. The molecule has 0 saturated heterocycles. The first kappa shape index (κ1) is 13.4. The Morgan fingerprint density at radius 1 is 1.35 bits per heavy atom. The maximum atomic E-state index is 13.4. The van der Waals surface area contributed by atoms with E-state index in [-0.39, 0.29) is 13.2 Å². The van der Waals surface area contributed by atoms with Crippen molar-refractivity contribution in [3.63, 3.8) is 0 Å². The van der Waals surface area contributed by atoms with Crippen molar-refractivity contribution < 1.29 is 18.7 Å². The Hall–Kier alpha value is -1.69. The lowest BCUT2D eigenvalue weighted by atomic mass is 10.1. The second kappa shape index (κ2) is 6.15. The molecular formula is C11H14F2N2O2. The molecule has 0 aliphatic heterocycles. The highest BCUT2D eigenvalue weighted by Gasteiger charge is 2.15. The number of unbranched alkanes of at least 4 members (excludes halogenated alkanes) is 1. The minimum atomic E-state index is -0.925. The maximum Gasteiger partial charge on any atom is 0.254 e. The normalized spacial score (nSPS) is 10.3. The van der Waals surface area contributed by atoms with E-state index < -0.39 is 28.8 Å². The fourth-order valence-electron chi connectivity index (χ4n) is 1.31. The van der Waals surface area contributed by atoms with Crippen LogP contribution in [-0.2, 0) is 0 Å². The van der Waals surface area contributed by atoms with Gasteiger partial charge in [0.25, 0.3) is 5.91 Å². The summed E-state index contributed by atoms with van der Waals surface area (Å²) in [5, 5.41) is 10.9. The topological polar surface area (TPSA) is 75.4 Å². The number of benzene rings is 1. The number of aliphatic hydroxyl groups is 1.